The van der Waals surface area contributed by atoms with Gasteiger partial charge < -0.3 is 0 Å². The van der Waals surface area contributed by atoms with Gasteiger partial charge in [-0.05, 0) is 67.6 Å². The summed E-state index contributed by atoms with van der Waals surface area (Å²) in [7, 11) is 0. The maximum absolute atomic E-state index is 1.62. The Labute approximate surface area is 93.8 Å². The summed E-state index contributed by atoms with van der Waals surface area (Å²) in [6.07, 6.45) is 14.3. The highest BCUT2D eigenvalue weighted by molar-refractivity contribution is 5.01. The third-order valence-corrected chi connectivity index (χ3v) is 6.33. The van der Waals surface area contributed by atoms with Crippen molar-refractivity contribution < 1.29 is 0 Å². The van der Waals surface area contributed by atoms with E-state index >= 15 is 0 Å². The molecule has 6 atom stereocenters. The molecule has 0 amide bonds. The first-order chi connectivity index (χ1) is 7.43. The third kappa shape index (κ3) is 1.33. The number of rotatable bonds is 1. The second kappa shape index (κ2) is 3.25. The van der Waals surface area contributed by atoms with Crippen molar-refractivity contribution in [2.75, 3.05) is 0 Å². The molecule has 4 aliphatic rings. The van der Waals surface area contributed by atoms with Gasteiger partial charge in [-0.3, -0.25) is 0 Å². The molecule has 15 heavy (non-hydrogen) atoms. The zero-order valence-corrected chi connectivity index (χ0v) is 9.83. The van der Waals surface area contributed by atoms with Crippen LogP contribution in [-0.2, 0) is 0 Å². The minimum absolute atomic E-state index is 1.18. The van der Waals surface area contributed by atoms with Crippen LogP contribution in [0.2, 0.25) is 0 Å². The first-order valence-electron chi connectivity index (χ1n) is 7.43. The molecule has 0 spiro atoms. The fourth-order valence-corrected chi connectivity index (χ4v) is 5.37. The Morgan fingerprint density at radius 2 is 1.20 bits per heavy atom. The maximum Gasteiger partial charge on any atom is -0.0352 e. The summed E-state index contributed by atoms with van der Waals surface area (Å²) >= 11 is 0. The van der Waals surface area contributed by atoms with Gasteiger partial charge in [0.25, 0.3) is 0 Å². The Morgan fingerprint density at radius 1 is 0.467 bits per heavy atom. The lowest BCUT2D eigenvalue weighted by Crippen LogP contribution is -2.40. The van der Waals surface area contributed by atoms with Crippen LogP contribution in [0.15, 0.2) is 0 Å². The summed E-state index contributed by atoms with van der Waals surface area (Å²) in [6.45, 7) is 0. The SMILES string of the molecule is C1CC2CCC2C(C2CCCC3CC32)C1. The largest absolute Gasteiger partial charge is 0.0527 e. The van der Waals surface area contributed by atoms with Gasteiger partial charge in [-0.1, -0.05) is 25.7 Å². The van der Waals surface area contributed by atoms with Crippen molar-refractivity contribution >= 4 is 0 Å². The van der Waals surface area contributed by atoms with Gasteiger partial charge in [0.1, 0.15) is 0 Å². The zero-order valence-electron chi connectivity index (χ0n) is 9.83. The third-order valence-electron chi connectivity index (χ3n) is 6.33. The van der Waals surface area contributed by atoms with Crippen LogP contribution in [0.3, 0.4) is 0 Å². The lowest BCUT2D eigenvalue weighted by Gasteiger charge is -2.49. The van der Waals surface area contributed by atoms with Gasteiger partial charge in [0.05, 0.1) is 0 Å². The Morgan fingerprint density at radius 3 is 1.93 bits per heavy atom. The molecule has 0 nitrogen and oxygen atoms in total. The molecular weight excluding hydrogens is 180 g/mol. The van der Waals surface area contributed by atoms with Crippen LogP contribution < -0.4 is 0 Å². The maximum atomic E-state index is 1.62. The molecule has 4 rings (SSSR count). The molecule has 0 aromatic carbocycles. The van der Waals surface area contributed by atoms with Gasteiger partial charge in [0.2, 0.25) is 0 Å². The van der Waals surface area contributed by atoms with Crippen LogP contribution in [0, 0.1) is 35.5 Å². The predicted octanol–water partition coefficient (Wildman–Crippen LogP) is 4.25. The van der Waals surface area contributed by atoms with E-state index in [-0.39, 0.29) is 0 Å². The molecule has 0 saturated heterocycles. The van der Waals surface area contributed by atoms with Crippen molar-refractivity contribution in [1.82, 2.24) is 0 Å². The van der Waals surface area contributed by atoms with Crippen LogP contribution in [0.4, 0.5) is 0 Å². The first kappa shape index (κ1) is 9.07. The van der Waals surface area contributed by atoms with E-state index in [1.807, 2.05) is 0 Å². The van der Waals surface area contributed by atoms with E-state index in [0.717, 1.165) is 0 Å². The zero-order chi connectivity index (χ0) is 9.83. The van der Waals surface area contributed by atoms with Crippen LogP contribution in [0.1, 0.15) is 57.8 Å². The minimum atomic E-state index is 1.18. The smallest absolute Gasteiger partial charge is 0.0352 e. The van der Waals surface area contributed by atoms with Gasteiger partial charge in [0.15, 0.2) is 0 Å². The standard InChI is InChI=1S/C15H24/c1-3-10-7-8-12(10)13(5-1)14-6-2-4-11-9-15(11)14/h10-15H,1-9H2. The second-order valence-corrected chi connectivity index (χ2v) is 6.85. The molecule has 0 N–H and O–H groups in total. The molecule has 6 unspecified atom stereocenters. The fourth-order valence-electron chi connectivity index (χ4n) is 5.37. The van der Waals surface area contributed by atoms with Crippen molar-refractivity contribution in [3.8, 4) is 0 Å². The molecular formula is C15H24. The van der Waals surface area contributed by atoms with E-state index < -0.39 is 0 Å². The van der Waals surface area contributed by atoms with Crippen LogP contribution in [-0.4, -0.2) is 0 Å². The highest BCUT2D eigenvalue weighted by atomic mass is 14.6. The van der Waals surface area contributed by atoms with Crippen molar-refractivity contribution in [2.24, 2.45) is 35.5 Å². The summed E-state index contributed by atoms with van der Waals surface area (Å²) in [5.74, 6) is 7.17. The lowest BCUT2D eigenvalue weighted by molar-refractivity contribution is 0.00432. The predicted molar refractivity (Wildman–Crippen MR) is 62.5 cm³/mol. The average Bonchev–Trinajstić information content (AvgIpc) is 2.97. The van der Waals surface area contributed by atoms with Crippen molar-refractivity contribution in [3.05, 3.63) is 0 Å². The molecule has 0 heteroatoms. The molecule has 84 valence electrons. The molecule has 0 radical (unpaired) electrons. The lowest BCUT2D eigenvalue weighted by atomic mass is 9.56. The van der Waals surface area contributed by atoms with Gasteiger partial charge in [-0.25, -0.2) is 0 Å². The molecule has 0 bridgehead atoms. The minimum Gasteiger partial charge on any atom is -0.0527 e. The van der Waals surface area contributed by atoms with Crippen molar-refractivity contribution in [1.29, 1.82) is 0 Å². The monoisotopic (exact) mass is 204 g/mol. The highest BCUT2D eigenvalue weighted by Gasteiger charge is 2.51. The van der Waals surface area contributed by atoms with Gasteiger partial charge in [-0.15, -0.1) is 0 Å². The number of hydrogen-bond acceptors (Lipinski definition) is 0. The summed E-state index contributed by atoms with van der Waals surface area (Å²) in [5.41, 5.74) is 0. The van der Waals surface area contributed by atoms with Crippen LogP contribution in [0.25, 0.3) is 0 Å². The summed E-state index contributed by atoms with van der Waals surface area (Å²) in [6, 6.07) is 0. The van der Waals surface area contributed by atoms with Gasteiger partial charge in [0, 0.05) is 0 Å². The highest BCUT2D eigenvalue weighted by Crippen LogP contribution is 2.60. The molecule has 4 aliphatic carbocycles. The van der Waals surface area contributed by atoms with Crippen molar-refractivity contribution in [2.45, 2.75) is 57.8 Å². The normalized spacial score (nSPS) is 57.6. The molecule has 0 aromatic rings. The van der Waals surface area contributed by atoms with E-state index in [2.05, 4.69) is 0 Å². The number of hydrogen-bond donors (Lipinski definition) is 0. The van der Waals surface area contributed by atoms with Gasteiger partial charge >= 0.3 is 0 Å². The topological polar surface area (TPSA) is 0 Å². The average molecular weight is 204 g/mol. The molecule has 4 fully saturated rings. The Bertz CT molecular complexity index is 257. The Balaban J connectivity index is 1.51. The summed E-state index contributed by atoms with van der Waals surface area (Å²) < 4.78 is 0. The van der Waals surface area contributed by atoms with Crippen LogP contribution in [0.5, 0.6) is 0 Å². The van der Waals surface area contributed by atoms with E-state index in [4.69, 9.17) is 0 Å². The molecule has 4 saturated carbocycles. The Hall–Kier alpha value is 0. The summed E-state index contributed by atoms with van der Waals surface area (Å²) in [5, 5.41) is 0. The molecule has 0 aliphatic heterocycles. The van der Waals surface area contributed by atoms with E-state index in [9.17, 15) is 0 Å². The quantitative estimate of drug-likeness (QED) is 0.599. The van der Waals surface area contributed by atoms with Gasteiger partial charge in [-0.2, -0.15) is 0 Å². The van der Waals surface area contributed by atoms with E-state index in [0.29, 0.717) is 0 Å². The van der Waals surface area contributed by atoms with E-state index in [1.54, 1.807) is 57.8 Å². The molecule has 0 heterocycles. The summed E-state index contributed by atoms with van der Waals surface area (Å²) in [4.78, 5) is 0. The number of fused-ring (bicyclic) bond motifs is 2. The van der Waals surface area contributed by atoms with Crippen LogP contribution >= 0.6 is 0 Å². The second-order valence-electron chi connectivity index (χ2n) is 6.85. The Kier molecular flexibility index (Phi) is 1.96. The molecule has 0 aromatic heterocycles. The fraction of sp³-hybridized carbons (Fsp3) is 1.00. The first-order valence-corrected chi connectivity index (χ1v) is 7.43. The van der Waals surface area contributed by atoms with E-state index in [1.165, 1.54) is 35.5 Å². The van der Waals surface area contributed by atoms with Crippen molar-refractivity contribution in [3.63, 3.8) is 0 Å².